The van der Waals surface area contributed by atoms with Gasteiger partial charge in [-0.15, -0.1) is 0 Å². The van der Waals surface area contributed by atoms with Gasteiger partial charge in [-0.25, -0.2) is 0 Å². The summed E-state index contributed by atoms with van der Waals surface area (Å²) in [6.07, 6.45) is 0. The molecule has 0 aromatic heterocycles. The molecule has 0 aliphatic rings. The van der Waals surface area contributed by atoms with Crippen molar-refractivity contribution in [2.24, 2.45) is 0 Å². The topological polar surface area (TPSA) is 0 Å². The maximum Gasteiger partial charge on any atom is -0.0395 e. The monoisotopic (exact) mass is 552 g/mol. The summed E-state index contributed by atoms with van der Waals surface area (Å²) in [5.74, 6) is 0. The molecule has 6 rings (SSSR count). The Balaban J connectivity index is 0.000000252. The van der Waals surface area contributed by atoms with E-state index in [1.54, 1.807) is 0 Å². The first-order chi connectivity index (χ1) is 20.4. The first-order valence-electron chi connectivity index (χ1n) is 14.5. The zero-order valence-electron chi connectivity index (χ0n) is 26.3. The lowest BCUT2D eigenvalue weighted by Gasteiger charge is -1.93. The maximum atomic E-state index is 2.12. The summed E-state index contributed by atoms with van der Waals surface area (Å²) < 4.78 is 0. The zero-order chi connectivity index (χ0) is 30.7. The van der Waals surface area contributed by atoms with E-state index in [-0.39, 0.29) is 0 Å². The largest absolute Gasteiger partial charge is 0.0623 e. The summed E-state index contributed by atoms with van der Waals surface area (Å²) in [6, 6.07) is 61.4. The molecular weight excluding hydrogens is 504 g/mol. The van der Waals surface area contributed by atoms with Crippen LogP contribution in [0.4, 0.5) is 0 Å². The van der Waals surface area contributed by atoms with Gasteiger partial charge in [0, 0.05) is 0 Å². The summed E-state index contributed by atoms with van der Waals surface area (Å²) in [6.45, 7) is 12.6. The molecule has 0 nitrogen and oxygen atoms in total. The average molecular weight is 553 g/mol. The van der Waals surface area contributed by atoms with Gasteiger partial charge < -0.3 is 0 Å². The standard InChI is InChI=1S/C8H10.4C7H8.C6H6/c1-7-5-3-4-6-8(7)2;4*1-7-5-3-2-4-6-7;1-2-4-6-5-3-1/h3-6H,1-2H3;4*2-6H,1H3;1-6H. The number of hydrogen-bond acceptors (Lipinski definition) is 0. The van der Waals surface area contributed by atoms with Crippen molar-refractivity contribution in [1.82, 2.24) is 0 Å². The molecule has 6 aromatic rings. The van der Waals surface area contributed by atoms with Gasteiger partial charge in [-0.1, -0.05) is 204 Å². The van der Waals surface area contributed by atoms with Crippen molar-refractivity contribution in [2.75, 3.05) is 0 Å². The van der Waals surface area contributed by atoms with Crippen LogP contribution in [0.15, 0.2) is 182 Å². The van der Waals surface area contributed by atoms with Crippen LogP contribution < -0.4 is 0 Å². The molecule has 0 unspecified atom stereocenters. The Morgan fingerprint density at radius 2 is 0.333 bits per heavy atom. The Morgan fingerprint density at radius 3 is 0.452 bits per heavy atom. The lowest BCUT2D eigenvalue weighted by atomic mass is 10.1. The van der Waals surface area contributed by atoms with Gasteiger partial charge in [-0.2, -0.15) is 0 Å². The third-order valence-electron chi connectivity index (χ3n) is 5.85. The Kier molecular flexibility index (Phi) is 20.3. The van der Waals surface area contributed by atoms with E-state index in [0.29, 0.717) is 0 Å². The number of rotatable bonds is 0. The summed E-state index contributed by atoms with van der Waals surface area (Å²) in [4.78, 5) is 0. The van der Waals surface area contributed by atoms with Crippen LogP contribution in [0.2, 0.25) is 0 Å². The van der Waals surface area contributed by atoms with Crippen LogP contribution in [-0.4, -0.2) is 0 Å². The SMILES string of the molecule is Cc1ccccc1.Cc1ccccc1.Cc1ccccc1.Cc1ccccc1.Cc1ccccc1C.c1ccccc1. The molecule has 0 radical (unpaired) electrons. The van der Waals surface area contributed by atoms with Gasteiger partial charge in [0.25, 0.3) is 0 Å². The van der Waals surface area contributed by atoms with Crippen LogP contribution in [0.5, 0.6) is 0 Å². The summed E-state index contributed by atoms with van der Waals surface area (Å²) in [7, 11) is 0. The normalized spacial score (nSPS) is 8.71. The van der Waals surface area contributed by atoms with E-state index in [1.165, 1.54) is 33.4 Å². The molecule has 0 aliphatic heterocycles. The van der Waals surface area contributed by atoms with Crippen LogP contribution in [0, 0.1) is 41.5 Å². The maximum absolute atomic E-state index is 2.12. The van der Waals surface area contributed by atoms with Gasteiger partial charge in [0.15, 0.2) is 0 Å². The highest BCUT2D eigenvalue weighted by molar-refractivity contribution is 5.23. The second-order valence-corrected chi connectivity index (χ2v) is 9.86. The minimum Gasteiger partial charge on any atom is -0.0623 e. The van der Waals surface area contributed by atoms with E-state index in [2.05, 4.69) is 114 Å². The molecule has 0 bridgehead atoms. The molecule has 0 saturated heterocycles. The molecule has 0 fully saturated rings. The quantitative estimate of drug-likeness (QED) is 0.176. The highest BCUT2D eigenvalue weighted by Crippen LogP contribution is 2.02. The number of aryl methyl sites for hydroxylation is 6. The fourth-order valence-electron chi connectivity index (χ4n) is 3.19. The Bertz CT molecular complexity index is 1180. The van der Waals surface area contributed by atoms with E-state index >= 15 is 0 Å². The molecule has 0 aliphatic carbocycles. The molecule has 6 aromatic carbocycles. The molecule has 0 N–H and O–H groups in total. The summed E-state index contributed by atoms with van der Waals surface area (Å²) >= 11 is 0. The third-order valence-corrected chi connectivity index (χ3v) is 5.85. The van der Waals surface area contributed by atoms with Crippen molar-refractivity contribution in [3.63, 3.8) is 0 Å². The lowest BCUT2D eigenvalue weighted by molar-refractivity contribution is 1.34. The summed E-state index contributed by atoms with van der Waals surface area (Å²) in [5, 5.41) is 0. The molecule has 0 atom stereocenters. The Hall–Kier alpha value is -4.68. The van der Waals surface area contributed by atoms with Gasteiger partial charge in [0.05, 0.1) is 0 Å². The van der Waals surface area contributed by atoms with Crippen molar-refractivity contribution in [3.05, 3.63) is 215 Å². The van der Waals surface area contributed by atoms with E-state index in [4.69, 9.17) is 0 Å². The van der Waals surface area contributed by atoms with Crippen molar-refractivity contribution in [3.8, 4) is 0 Å². The van der Waals surface area contributed by atoms with Gasteiger partial charge in [0.1, 0.15) is 0 Å². The first-order valence-corrected chi connectivity index (χ1v) is 14.5. The fourth-order valence-corrected chi connectivity index (χ4v) is 3.19. The fraction of sp³-hybridized carbons (Fsp3) is 0.143. The third kappa shape index (κ3) is 21.2. The van der Waals surface area contributed by atoms with Crippen LogP contribution in [0.1, 0.15) is 33.4 Å². The van der Waals surface area contributed by atoms with Crippen LogP contribution in [0.3, 0.4) is 0 Å². The van der Waals surface area contributed by atoms with Gasteiger partial charge in [0.2, 0.25) is 0 Å². The Labute approximate surface area is 256 Å². The predicted octanol–water partition coefficient (Wildman–Crippen LogP) is 12.0. The van der Waals surface area contributed by atoms with Crippen LogP contribution in [-0.2, 0) is 0 Å². The number of hydrogen-bond donors (Lipinski definition) is 0. The van der Waals surface area contributed by atoms with E-state index in [0.717, 1.165) is 0 Å². The molecule has 0 spiro atoms. The average Bonchev–Trinajstić information content (AvgIpc) is 3.03. The minimum absolute atomic E-state index is 1.32. The Morgan fingerprint density at radius 1 is 0.190 bits per heavy atom. The number of benzene rings is 6. The van der Waals surface area contributed by atoms with E-state index in [9.17, 15) is 0 Å². The van der Waals surface area contributed by atoms with Gasteiger partial charge >= 0.3 is 0 Å². The van der Waals surface area contributed by atoms with Gasteiger partial charge in [-0.05, 0) is 52.7 Å². The molecule has 0 saturated carbocycles. The van der Waals surface area contributed by atoms with Crippen molar-refractivity contribution in [2.45, 2.75) is 41.5 Å². The van der Waals surface area contributed by atoms with Crippen molar-refractivity contribution < 1.29 is 0 Å². The van der Waals surface area contributed by atoms with E-state index < -0.39 is 0 Å². The second kappa shape index (κ2) is 24.1. The highest BCUT2D eigenvalue weighted by atomic mass is 13.9. The minimum atomic E-state index is 1.32. The van der Waals surface area contributed by atoms with Crippen molar-refractivity contribution in [1.29, 1.82) is 0 Å². The molecule has 0 heterocycles. The lowest BCUT2D eigenvalue weighted by Crippen LogP contribution is -1.74. The highest BCUT2D eigenvalue weighted by Gasteiger charge is 1.84. The zero-order valence-corrected chi connectivity index (χ0v) is 26.3. The second-order valence-electron chi connectivity index (χ2n) is 9.86. The van der Waals surface area contributed by atoms with Crippen LogP contribution in [0.25, 0.3) is 0 Å². The summed E-state index contributed by atoms with van der Waals surface area (Å²) in [5.41, 5.74) is 8.02. The van der Waals surface area contributed by atoms with Gasteiger partial charge in [-0.3, -0.25) is 0 Å². The van der Waals surface area contributed by atoms with E-state index in [1.807, 2.05) is 109 Å². The predicted molar refractivity (Wildman–Crippen MR) is 187 cm³/mol. The van der Waals surface area contributed by atoms with Crippen LogP contribution >= 0.6 is 0 Å². The first kappa shape index (κ1) is 35.3. The molecule has 0 amide bonds. The smallest absolute Gasteiger partial charge is 0.0395 e. The molecular formula is C42H48. The van der Waals surface area contributed by atoms with Crippen molar-refractivity contribution >= 4 is 0 Å². The molecule has 216 valence electrons. The molecule has 42 heavy (non-hydrogen) atoms. The molecule has 0 heteroatoms.